The Bertz CT molecular complexity index is 565. The molecule has 1 aromatic heterocycles. The third-order valence-corrected chi connectivity index (χ3v) is 3.70. The van der Waals surface area contributed by atoms with Gasteiger partial charge in [0.2, 0.25) is 0 Å². The molecule has 1 heterocycles. The summed E-state index contributed by atoms with van der Waals surface area (Å²) < 4.78 is 5.76. The van der Waals surface area contributed by atoms with Gasteiger partial charge in [-0.15, -0.1) is 0 Å². The summed E-state index contributed by atoms with van der Waals surface area (Å²) in [6.07, 6.45) is 0.865. The minimum absolute atomic E-state index is 0.0818. The van der Waals surface area contributed by atoms with Gasteiger partial charge in [-0.05, 0) is 36.8 Å². The largest absolute Gasteiger partial charge is 0.460 e. The topological polar surface area (TPSA) is 45.4 Å². The Balaban J connectivity index is 2.10. The molecule has 3 nitrogen and oxygen atoms in total. The van der Waals surface area contributed by atoms with Crippen molar-refractivity contribution in [2.45, 2.75) is 25.9 Å². The van der Waals surface area contributed by atoms with Crippen LogP contribution in [0.5, 0.6) is 0 Å². The zero-order valence-electron chi connectivity index (χ0n) is 11.2. The van der Waals surface area contributed by atoms with Crippen molar-refractivity contribution in [2.75, 3.05) is 6.61 Å². The normalized spacial score (nSPS) is 12.6. The molecular weight excluding hydrogens is 297 g/mol. The fourth-order valence-electron chi connectivity index (χ4n) is 1.89. The van der Waals surface area contributed by atoms with Crippen LogP contribution in [0.15, 0.2) is 34.7 Å². The van der Waals surface area contributed by atoms with Crippen LogP contribution in [0, 0.1) is 0 Å². The van der Waals surface area contributed by atoms with Crippen LogP contribution in [-0.4, -0.2) is 17.8 Å². The summed E-state index contributed by atoms with van der Waals surface area (Å²) in [6.45, 7) is 2.70. The van der Waals surface area contributed by atoms with Crippen molar-refractivity contribution in [3.8, 4) is 11.3 Å². The average molecular weight is 314 g/mol. The van der Waals surface area contributed by atoms with Crippen molar-refractivity contribution in [1.29, 1.82) is 0 Å². The molecule has 20 heavy (non-hydrogen) atoms. The minimum Gasteiger partial charge on any atom is -0.460 e. The molecule has 0 amide bonds. The Morgan fingerprint density at radius 3 is 2.75 bits per heavy atom. The summed E-state index contributed by atoms with van der Waals surface area (Å²) in [7, 11) is 0. The zero-order valence-corrected chi connectivity index (χ0v) is 12.7. The quantitative estimate of drug-likeness (QED) is 0.843. The number of halogens is 2. The average Bonchev–Trinajstić information content (AvgIpc) is 2.91. The summed E-state index contributed by atoms with van der Waals surface area (Å²) in [5, 5.41) is 13.6. The molecule has 0 saturated heterocycles. The molecule has 0 aliphatic carbocycles. The number of rotatable bonds is 6. The first-order chi connectivity index (χ1) is 9.63. The van der Waals surface area contributed by atoms with Gasteiger partial charge in [-0.2, -0.15) is 0 Å². The SMILES string of the molecule is CC[C@@H](CO)NCc1ccc(-c2cc(Cl)ccc2Cl)o1. The van der Waals surface area contributed by atoms with E-state index in [0.29, 0.717) is 22.4 Å². The Labute approximate surface area is 128 Å². The molecule has 5 heteroatoms. The number of nitrogens with one attached hydrogen (secondary N) is 1. The minimum atomic E-state index is 0.0818. The van der Waals surface area contributed by atoms with Crippen LogP contribution in [0.4, 0.5) is 0 Å². The maximum atomic E-state index is 9.13. The lowest BCUT2D eigenvalue weighted by Gasteiger charge is -2.12. The fourth-order valence-corrected chi connectivity index (χ4v) is 2.27. The number of furan rings is 1. The van der Waals surface area contributed by atoms with Crippen molar-refractivity contribution >= 4 is 23.2 Å². The van der Waals surface area contributed by atoms with Gasteiger partial charge in [-0.3, -0.25) is 0 Å². The molecule has 2 N–H and O–H groups in total. The first-order valence-corrected chi connectivity index (χ1v) is 7.28. The van der Waals surface area contributed by atoms with Gasteiger partial charge < -0.3 is 14.8 Å². The second kappa shape index (κ2) is 7.14. The second-order valence-electron chi connectivity index (χ2n) is 4.56. The Morgan fingerprint density at radius 1 is 1.25 bits per heavy atom. The molecule has 108 valence electrons. The van der Waals surface area contributed by atoms with Gasteiger partial charge in [0.1, 0.15) is 11.5 Å². The van der Waals surface area contributed by atoms with Crippen LogP contribution < -0.4 is 5.32 Å². The van der Waals surface area contributed by atoms with Crippen LogP contribution in [0.2, 0.25) is 10.0 Å². The van der Waals surface area contributed by atoms with E-state index < -0.39 is 0 Å². The van der Waals surface area contributed by atoms with E-state index >= 15 is 0 Å². The Hall–Kier alpha value is -1.00. The summed E-state index contributed by atoms with van der Waals surface area (Å²) >= 11 is 12.1. The first kappa shape index (κ1) is 15.4. The van der Waals surface area contributed by atoms with Gasteiger partial charge in [0, 0.05) is 16.6 Å². The molecule has 0 spiro atoms. The van der Waals surface area contributed by atoms with Crippen molar-refractivity contribution in [2.24, 2.45) is 0 Å². The predicted molar refractivity (Wildman–Crippen MR) is 82.2 cm³/mol. The molecule has 0 radical (unpaired) electrons. The van der Waals surface area contributed by atoms with Crippen LogP contribution in [-0.2, 0) is 6.54 Å². The molecule has 0 unspecified atom stereocenters. The lowest BCUT2D eigenvalue weighted by molar-refractivity contribution is 0.235. The van der Waals surface area contributed by atoms with Crippen molar-refractivity contribution in [1.82, 2.24) is 5.32 Å². The van der Waals surface area contributed by atoms with Crippen molar-refractivity contribution < 1.29 is 9.52 Å². The maximum absolute atomic E-state index is 9.13. The van der Waals surface area contributed by atoms with Crippen molar-refractivity contribution in [3.63, 3.8) is 0 Å². The molecule has 1 aromatic carbocycles. The van der Waals surface area contributed by atoms with E-state index in [1.54, 1.807) is 18.2 Å². The third kappa shape index (κ3) is 3.76. The molecule has 0 fully saturated rings. The molecule has 0 aliphatic heterocycles. The van der Waals surface area contributed by atoms with E-state index in [-0.39, 0.29) is 12.6 Å². The monoisotopic (exact) mass is 313 g/mol. The van der Waals surface area contributed by atoms with E-state index in [1.807, 2.05) is 19.1 Å². The van der Waals surface area contributed by atoms with Crippen LogP contribution >= 0.6 is 23.2 Å². The summed E-state index contributed by atoms with van der Waals surface area (Å²) in [4.78, 5) is 0. The number of hydrogen-bond acceptors (Lipinski definition) is 3. The van der Waals surface area contributed by atoms with Crippen molar-refractivity contribution in [3.05, 3.63) is 46.1 Å². The van der Waals surface area contributed by atoms with Gasteiger partial charge in [-0.1, -0.05) is 30.1 Å². The summed E-state index contributed by atoms with van der Waals surface area (Å²) in [5.74, 6) is 1.48. The lowest BCUT2D eigenvalue weighted by Crippen LogP contribution is -2.30. The molecule has 1 atom stereocenters. The molecule has 2 rings (SSSR count). The fraction of sp³-hybridized carbons (Fsp3) is 0.333. The molecule has 0 saturated carbocycles. The highest BCUT2D eigenvalue weighted by molar-refractivity contribution is 6.35. The standard InChI is InChI=1S/C15H17Cl2NO2/c1-2-11(9-19)18-8-12-4-6-15(20-12)13-7-10(16)3-5-14(13)17/h3-7,11,18-19H,2,8-9H2,1H3/t11-/m0/s1. The summed E-state index contributed by atoms with van der Waals surface area (Å²) in [5.41, 5.74) is 0.777. The second-order valence-corrected chi connectivity index (χ2v) is 5.40. The Morgan fingerprint density at radius 2 is 2.05 bits per heavy atom. The van der Waals surface area contributed by atoms with Crippen LogP contribution in [0.1, 0.15) is 19.1 Å². The highest BCUT2D eigenvalue weighted by atomic mass is 35.5. The molecular formula is C15H17Cl2NO2. The first-order valence-electron chi connectivity index (χ1n) is 6.52. The highest BCUT2D eigenvalue weighted by Gasteiger charge is 2.10. The molecule has 0 aliphatic rings. The molecule has 0 bridgehead atoms. The van der Waals surface area contributed by atoms with Gasteiger partial charge in [-0.25, -0.2) is 0 Å². The van der Waals surface area contributed by atoms with Crippen LogP contribution in [0.3, 0.4) is 0 Å². The van der Waals surface area contributed by atoms with E-state index in [2.05, 4.69) is 5.32 Å². The number of aliphatic hydroxyl groups is 1. The predicted octanol–water partition coefficient (Wildman–Crippen LogP) is 4.11. The summed E-state index contributed by atoms with van der Waals surface area (Å²) in [6, 6.07) is 9.11. The number of hydrogen-bond donors (Lipinski definition) is 2. The number of aliphatic hydroxyl groups excluding tert-OH is 1. The van der Waals surface area contributed by atoms with E-state index in [9.17, 15) is 0 Å². The van der Waals surface area contributed by atoms with E-state index in [1.165, 1.54) is 0 Å². The van der Waals surface area contributed by atoms with Gasteiger partial charge in [0.05, 0.1) is 18.2 Å². The van der Waals surface area contributed by atoms with E-state index in [0.717, 1.165) is 17.7 Å². The Kier molecular flexibility index (Phi) is 5.49. The number of benzene rings is 1. The smallest absolute Gasteiger partial charge is 0.135 e. The maximum Gasteiger partial charge on any atom is 0.135 e. The zero-order chi connectivity index (χ0) is 14.5. The molecule has 2 aromatic rings. The lowest BCUT2D eigenvalue weighted by atomic mass is 10.2. The van der Waals surface area contributed by atoms with Gasteiger partial charge in [0.15, 0.2) is 0 Å². The van der Waals surface area contributed by atoms with Gasteiger partial charge >= 0.3 is 0 Å². The highest BCUT2D eigenvalue weighted by Crippen LogP contribution is 2.31. The van der Waals surface area contributed by atoms with Gasteiger partial charge in [0.25, 0.3) is 0 Å². The third-order valence-electron chi connectivity index (χ3n) is 3.13. The van der Waals surface area contributed by atoms with E-state index in [4.69, 9.17) is 32.7 Å². The van der Waals surface area contributed by atoms with Crippen LogP contribution in [0.25, 0.3) is 11.3 Å².